The maximum atomic E-state index is 12.7. The zero-order chi connectivity index (χ0) is 25.7. The van der Waals surface area contributed by atoms with E-state index in [4.69, 9.17) is 9.47 Å². The topological polar surface area (TPSA) is 86.8 Å². The van der Waals surface area contributed by atoms with Crippen molar-refractivity contribution in [1.82, 2.24) is 4.98 Å². The van der Waals surface area contributed by atoms with Crippen LogP contribution in [0.5, 0.6) is 23.0 Å². The van der Waals surface area contributed by atoms with Crippen LogP contribution in [0.25, 0.3) is 0 Å². The highest BCUT2D eigenvalue weighted by Gasteiger charge is 2.59. The maximum absolute atomic E-state index is 12.7. The van der Waals surface area contributed by atoms with Crippen molar-refractivity contribution in [3.8, 4) is 23.0 Å². The minimum atomic E-state index is -4.75. The Bertz CT molecular complexity index is 1390. The van der Waals surface area contributed by atoms with Crippen LogP contribution in [0.2, 0.25) is 0 Å². The fourth-order valence-electron chi connectivity index (χ4n) is 5.11. The summed E-state index contributed by atoms with van der Waals surface area (Å²) >= 11 is 0. The van der Waals surface area contributed by atoms with Gasteiger partial charge in [-0.2, -0.15) is 0 Å². The predicted molar refractivity (Wildman–Crippen MR) is 125 cm³/mol. The number of hydrogen-bond acceptors (Lipinski definition) is 6. The zero-order valence-corrected chi connectivity index (χ0v) is 19.4. The Morgan fingerprint density at radius 1 is 1.08 bits per heavy atom. The molecular formula is C27H21F3N2O5. The molecule has 1 amide bonds. The Labute approximate surface area is 209 Å². The molecule has 2 aromatic carbocycles. The number of carbonyl (C=O) groups excluding carboxylic acids is 2. The van der Waals surface area contributed by atoms with Crippen LogP contribution in [0.15, 0.2) is 54.7 Å². The summed E-state index contributed by atoms with van der Waals surface area (Å²) in [6.07, 6.45) is -1.87. The second kappa shape index (κ2) is 8.79. The summed E-state index contributed by atoms with van der Waals surface area (Å²) in [6, 6.07) is 12.7. The first-order valence-electron chi connectivity index (χ1n) is 11.9. The third-order valence-electron chi connectivity index (χ3n) is 6.82. The highest BCUT2D eigenvalue weighted by atomic mass is 19.4. The number of fused-ring (bicyclic) bond motifs is 4. The lowest BCUT2D eigenvalue weighted by molar-refractivity contribution is -0.274. The number of hydrogen-bond donors (Lipinski definition) is 1. The third kappa shape index (κ3) is 4.83. The number of Topliss-reactive ketones (excluding diaryl/α,β-unsaturated/α-hetero) is 1. The summed E-state index contributed by atoms with van der Waals surface area (Å²) in [7, 11) is 0. The van der Waals surface area contributed by atoms with E-state index in [1.165, 1.54) is 24.3 Å². The van der Waals surface area contributed by atoms with Gasteiger partial charge >= 0.3 is 6.36 Å². The molecule has 3 aliphatic rings. The average molecular weight is 510 g/mol. The molecule has 1 fully saturated rings. The van der Waals surface area contributed by atoms with Crippen LogP contribution in [-0.4, -0.2) is 29.1 Å². The number of nitrogens with zero attached hydrogens (tertiary/aromatic N) is 1. The molecule has 1 aliphatic carbocycles. The molecule has 2 aliphatic heterocycles. The number of carbonyl (C=O) groups is 2. The van der Waals surface area contributed by atoms with Gasteiger partial charge in [-0.1, -0.05) is 12.1 Å². The lowest BCUT2D eigenvalue weighted by Gasteiger charge is -2.19. The Morgan fingerprint density at radius 3 is 2.65 bits per heavy atom. The second-order valence-electron chi connectivity index (χ2n) is 9.37. The lowest BCUT2D eigenvalue weighted by Crippen LogP contribution is -2.20. The van der Waals surface area contributed by atoms with Crippen molar-refractivity contribution >= 4 is 17.5 Å². The van der Waals surface area contributed by atoms with E-state index in [-0.39, 0.29) is 41.8 Å². The van der Waals surface area contributed by atoms with Gasteiger partial charge in [0.1, 0.15) is 40.7 Å². The Hall–Kier alpha value is -4.08. The molecule has 190 valence electrons. The number of amides is 1. The summed E-state index contributed by atoms with van der Waals surface area (Å²) in [5.74, 6) is 2.30. The predicted octanol–water partition coefficient (Wildman–Crippen LogP) is 5.33. The Kier molecular flexibility index (Phi) is 5.54. The molecule has 10 heteroatoms. The molecule has 0 radical (unpaired) electrons. The number of benzene rings is 2. The van der Waals surface area contributed by atoms with Gasteiger partial charge < -0.3 is 19.5 Å². The molecule has 3 heterocycles. The van der Waals surface area contributed by atoms with E-state index in [0.717, 1.165) is 16.9 Å². The number of pyridine rings is 1. The summed E-state index contributed by atoms with van der Waals surface area (Å²) in [5, 5.41) is 2.76. The molecule has 1 aromatic heterocycles. The first-order chi connectivity index (χ1) is 17.7. The molecule has 0 saturated heterocycles. The third-order valence-corrected chi connectivity index (χ3v) is 6.82. The van der Waals surface area contributed by atoms with Crippen molar-refractivity contribution in [3.05, 3.63) is 71.4 Å². The minimum Gasteiger partial charge on any atom is -0.489 e. The van der Waals surface area contributed by atoms with E-state index in [2.05, 4.69) is 15.0 Å². The monoisotopic (exact) mass is 510 g/mol. The number of nitrogens with one attached hydrogen (secondary N) is 1. The van der Waals surface area contributed by atoms with Gasteiger partial charge in [0.15, 0.2) is 0 Å². The first kappa shape index (κ1) is 23.3. The van der Waals surface area contributed by atoms with E-state index in [9.17, 15) is 22.8 Å². The number of rotatable bonds is 7. The summed E-state index contributed by atoms with van der Waals surface area (Å²) in [6.45, 7) is 0. The van der Waals surface area contributed by atoms with Crippen LogP contribution in [0.3, 0.4) is 0 Å². The molecule has 0 bridgehead atoms. The van der Waals surface area contributed by atoms with Crippen molar-refractivity contribution in [2.75, 3.05) is 5.32 Å². The number of alkyl halides is 3. The molecule has 3 aromatic rings. The quantitative estimate of drug-likeness (QED) is 0.462. The van der Waals surface area contributed by atoms with Crippen LogP contribution in [0.4, 0.5) is 19.0 Å². The molecule has 37 heavy (non-hydrogen) atoms. The number of aromatic nitrogens is 1. The van der Waals surface area contributed by atoms with Gasteiger partial charge in [-0.3, -0.25) is 9.59 Å². The van der Waals surface area contributed by atoms with Gasteiger partial charge in [0.2, 0.25) is 5.91 Å². The van der Waals surface area contributed by atoms with Gasteiger partial charge in [0.05, 0.1) is 0 Å². The van der Waals surface area contributed by atoms with Gasteiger partial charge in [0, 0.05) is 48.4 Å². The largest absolute Gasteiger partial charge is 0.573 e. The van der Waals surface area contributed by atoms with E-state index in [1.807, 2.05) is 18.2 Å². The van der Waals surface area contributed by atoms with E-state index < -0.39 is 6.36 Å². The SMILES string of the molecule is O=C(Cc1ccc(OC(F)(F)F)cc1)C[C@@H]1[C@H]2Oc3ccc(Oc4ccnc5c4CCC(=O)N5)cc3[C@@H]12. The van der Waals surface area contributed by atoms with Crippen LogP contribution in [0, 0.1) is 5.92 Å². The molecule has 1 saturated carbocycles. The van der Waals surface area contributed by atoms with Crippen molar-refractivity contribution in [3.63, 3.8) is 0 Å². The Morgan fingerprint density at radius 2 is 1.86 bits per heavy atom. The second-order valence-corrected chi connectivity index (χ2v) is 9.37. The standard InChI is InChI=1S/C27H21F3N2O5/c28-27(29,30)37-16-3-1-14(2-4-16)11-15(33)12-20-24-19-13-17(5-7-21(19)36-25(20)24)35-22-9-10-31-26-18(22)6-8-23(34)32-26/h1-5,7,9-10,13,20,24-25H,6,8,11-12H2,(H,31,32,34)/t20-,24-,25+/m0/s1. The summed E-state index contributed by atoms with van der Waals surface area (Å²) in [5.41, 5.74) is 2.47. The maximum Gasteiger partial charge on any atom is 0.573 e. The molecule has 6 rings (SSSR count). The number of ketones is 1. The smallest absolute Gasteiger partial charge is 0.489 e. The highest BCUT2D eigenvalue weighted by molar-refractivity contribution is 5.93. The molecular weight excluding hydrogens is 489 g/mol. The molecule has 0 unspecified atom stereocenters. The lowest BCUT2D eigenvalue weighted by atomic mass is 10.0. The van der Waals surface area contributed by atoms with Crippen molar-refractivity contribution in [2.24, 2.45) is 5.92 Å². The van der Waals surface area contributed by atoms with Crippen LogP contribution < -0.4 is 19.5 Å². The summed E-state index contributed by atoms with van der Waals surface area (Å²) < 4.78 is 53.0. The van der Waals surface area contributed by atoms with E-state index >= 15 is 0 Å². The number of ether oxygens (including phenoxy) is 3. The fraction of sp³-hybridized carbons (Fsp3) is 0.296. The van der Waals surface area contributed by atoms with Crippen LogP contribution in [-0.2, 0) is 22.4 Å². The summed E-state index contributed by atoms with van der Waals surface area (Å²) in [4.78, 5) is 28.5. The first-order valence-corrected chi connectivity index (χ1v) is 11.9. The van der Waals surface area contributed by atoms with Crippen molar-refractivity contribution in [1.29, 1.82) is 0 Å². The number of anilines is 1. The van der Waals surface area contributed by atoms with Gasteiger partial charge in [0.25, 0.3) is 0 Å². The number of halogens is 3. The van der Waals surface area contributed by atoms with Gasteiger partial charge in [-0.25, -0.2) is 4.98 Å². The fourth-order valence-corrected chi connectivity index (χ4v) is 5.11. The normalized spacial score (nSPS) is 21.2. The molecule has 7 nitrogen and oxygen atoms in total. The van der Waals surface area contributed by atoms with Gasteiger partial charge in [-0.05, 0) is 48.4 Å². The zero-order valence-electron chi connectivity index (χ0n) is 19.4. The van der Waals surface area contributed by atoms with Crippen LogP contribution >= 0.6 is 0 Å². The van der Waals surface area contributed by atoms with E-state index in [0.29, 0.717) is 42.1 Å². The van der Waals surface area contributed by atoms with Crippen molar-refractivity contribution in [2.45, 2.75) is 44.1 Å². The van der Waals surface area contributed by atoms with Crippen LogP contribution in [0.1, 0.15) is 35.4 Å². The van der Waals surface area contributed by atoms with Crippen molar-refractivity contribution < 1.29 is 37.0 Å². The Balaban J connectivity index is 1.09. The molecule has 0 spiro atoms. The highest BCUT2D eigenvalue weighted by Crippen LogP contribution is 2.60. The molecule has 1 N–H and O–H groups in total. The molecule has 3 atom stereocenters. The van der Waals surface area contributed by atoms with E-state index in [1.54, 1.807) is 12.3 Å². The minimum absolute atomic E-state index is 0.00750. The average Bonchev–Trinajstić information content (AvgIpc) is 3.35. The van der Waals surface area contributed by atoms with Gasteiger partial charge in [-0.15, -0.1) is 13.2 Å².